The molecule has 0 radical (unpaired) electrons. The number of hydrogen-bond acceptors (Lipinski definition) is 3. The first kappa shape index (κ1) is 12.6. The summed E-state index contributed by atoms with van der Waals surface area (Å²) in [7, 11) is 0. The van der Waals surface area contributed by atoms with Gasteiger partial charge in [0.25, 0.3) is 0 Å². The molecule has 2 amide bonds. The normalized spacial score (nSPS) is 22.0. The minimum atomic E-state index is -0.522. The van der Waals surface area contributed by atoms with E-state index in [9.17, 15) is 9.59 Å². The van der Waals surface area contributed by atoms with Crippen LogP contribution >= 0.6 is 0 Å². The molecule has 1 saturated heterocycles. The fourth-order valence-electron chi connectivity index (χ4n) is 1.91. The van der Waals surface area contributed by atoms with Crippen LogP contribution in [0.15, 0.2) is 30.3 Å². The molecule has 1 heterocycles. The van der Waals surface area contributed by atoms with Gasteiger partial charge in [-0.1, -0.05) is 30.3 Å². The van der Waals surface area contributed by atoms with Crippen molar-refractivity contribution in [3.8, 4) is 0 Å². The molecule has 1 N–H and O–H groups in total. The summed E-state index contributed by atoms with van der Waals surface area (Å²) in [5.41, 5.74) is 0.955. The van der Waals surface area contributed by atoms with Crippen molar-refractivity contribution in [2.24, 2.45) is 0 Å². The van der Waals surface area contributed by atoms with Crippen LogP contribution in [0.2, 0.25) is 0 Å². The van der Waals surface area contributed by atoms with Crippen LogP contribution < -0.4 is 5.32 Å². The van der Waals surface area contributed by atoms with Crippen molar-refractivity contribution in [3.63, 3.8) is 0 Å². The maximum Gasteiger partial charge on any atom is 0.247 e. The first-order chi connectivity index (χ1) is 8.59. The van der Waals surface area contributed by atoms with Gasteiger partial charge in [-0.25, -0.2) is 5.06 Å². The maximum absolute atomic E-state index is 11.5. The van der Waals surface area contributed by atoms with Crippen LogP contribution in [0.3, 0.4) is 0 Å². The summed E-state index contributed by atoms with van der Waals surface area (Å²) < 4.78 is 0. The molecular weight excluding hydrogens is 232 g/mol. The summed E-state index contributed by atoms with van der Waals surface area (Å²) in [6.07, 6.45) is 0. The lowest BCUT2D eigenvalue weighted by Crippen LogP contribution is -2.68. The second-order valence-electron chi connectivity index (χ2n) is 4.35. The topological polar surface area (TPSA) is 58.6 Å². The SMILES string of the molecule is CC(=O)N(OCc1ccccc1)[C@H]1C(=O)N[C@@H]1C. The summed E-state index contributed by atoms with van der Waals surface area (Å²) in [6.45, 7) is 3.51. The zero-order chi connectivity index (χ0) is 13.1. The molecule has 96 valence electrons. The molecule has 1 aliphatic rings. The quantitative estimate of drug-likeness (QED) is 0.635. The number of rotatable bonds is 4. The summed E-state index contributed by atoms with van der Waals surface area (Å²) in [6, 6.07) is 8.92. The van der Waals surface area contributed by atoms with Gasteiger partial charge in [0.15, 0.2) is 6.04 Å². The van der Waals surface area contributed by atoms with Gasteiger partial charge in [-0.3, -0.25) is 14.4 Å². The van der Waals surface area contributed by atoms with Crippen LogP contribution in [-0.2, 0) is 21.0 Å². The van der Waals surface area contributed by atoms with Crippen molar-refractivity contribution >= 4 is 11.8 Å². The molecule has 2 rings (SSSR count). The molecule has 1 aliphatic heterocycles. The fourth-order valence-corrected chi connectivity index (χ4v) is 1.91. The van der Waals surface area contributed by atoms with Gasteiger partial charge < -0.3 is 5.32 Å². The summed E-state index contributed by atoms with van der Waals surface area (Å²) in [5.74, 6) is -0.441. The zero-order valence-electron chi connectivity index (χ0n) is 10.4. The van der Waals surface area contributed by atoms with E-state index in [1.54, 1.807) is 0 Å². The lowest BCUT2D eigenvalue weighted by Gasteiger charge is -2.40. The average Bonchev–Trinajstić information content (AvgIpc) is 2.35. The number of carbonyl (C=O) groups excluding carboxylic acids is 2. The number of β-lactam (4-membered cyclic amide) rings is 1. The molecule has 1 aromatic rings. The van der Waals surface area contributed by atoms with Gasteiger partial charge in [-0.2, -0.15) is 0 Å². The number of carbonyl (C=O) groups is 2. The lowest BCUT2D eigenvalue weighted by atomic mass is 10.0. The third-order valence-electron chi connectivity index (χ3n) is 2.89. The van der Waals surface area contributed by atoms with E-state index in [1.165, 1.54) is 6.92 Å². The molecule has 18 heavy (non-hydrogen) atoms. The highest BCUT2D eigenvalue weighted by atomic mass is 16.7. The molecular formula is C13H16N2O3. The second kappa shape index (κ2) is 5.18. The first-order valence-electron chi connectivity index (χ1n) is 5.86. The van der Waals surface area contributed by atoms with Gasteiger partial charge in [-0.05, 0) is 12.5 Å². The van der Waals surface area contributed by atoms with Gasteiger partial charge in [-0.15, -0.1) is 0 Å². The number of hydrogen-bond donors (Lipinski definition) is 1. The van der Waals surface area contributed by atoms with Crippen LogP contribution in [0, 0.1) is 0 Å². The van der Waals surface area contributed by atoms with Crippen LogP contribution in [0.25, 0.3) is 0 Å². The van der Waals surface area contributed by atoms with E-state index in [2.05, 4.69) is 5.32 Å². The highest BCUT2D eigenvalue weighted by Gasteiger charge is 2.43. The molecule has 2 atom stereocenters. The predicted octanol–water partition coefficient (Wildman–Crippen LogP) is 0.854. The van der Waals surface area contributed by atoms with E-state index in [1.807, 2.05) is 37.3 Å². The molecule has 1 aromatic carbocycles. The monoisotopic (exact) mass is 248 g/mol. The van der Waals surface area contributed by atoms with Crippen LogP contribution in [0.4, 0.5) is 0 Å². The summed E-state index contributed by atoms with van der Waals surface area (Å²) >= 11 is 0. The standard InChI is InChI=1S/C13H16N2O3/c1-9-12(13(17)14-9)15(10(2)16)18-8-11-6-4-3-5-7-11/h3-7,9,12H,8H2,1-2H3,(H,14,17)/t9-,12-/m1/s1. The van der Waals surface area contributed by atoms with Crippen molar-refractivity contribution in [2.45, 2.75) is 32.5 Å². The Morgan fingerprint density at radius 2 is 2.06 bits per heavy atom. The molecule has 1 fully saturated rings. The predicted molar refractivity (Wildman–Crippen MR) is 65.1 cm³/mol. The van der Waals surface area contributed by atoms with Crippen LogP contribution in [-0.4, -0.2) is 29.0 Å². The lowest BCUT2D eigenvalue weighted by molar-refractivity contribution is -0.215. The molecule has 0 bridgehead atoms. The Kier molecular flexibility index (Phi) is 3.62. The molecule has 0 saturated carbocycles. The van der Waals surface area contributed by atoms with E-state index < -0.39 is 6.04 Å². The molecule has 0 spiro atoms. The van der Waals surface area contributed by atoms with Gasteiger partial charge in [0.2, 0.25) is 11.8 Å². The highest BCUT2D eigenvalue weighted by Crippen LogP contribution is 2.16. The molecule has 0 unspecified atom stereocenters. The van der Waals surface area contributed by atoms with E-state index >= 15 is 0 Å². The van der Waals surface area contributed by atoms with Crippen molar-refractivity contribution in [1.29, 1.82) is 0 Å². The van der Waals surface area contributed by atoms with Crippen molar-refractivity contribution < 1.29 is 14.4 Å². The Hall–Kier alpha value is -1.88. The summed E-state index contributed by atoms with van der Waals surface area (Å²) in [5, 5.41) is 3.84. The van der Waals surface area contributed by atoms with E-state index in [0.717, 1.165) is 10.6 Å². The second-order valence-corrected chi connectivity index (χ2v) is 4.35. The van der Waals surface area contributed by atoms with Crippen molar-refractivity contribution in [3.05, 3.63) is 35.9 Å². The van der Waals surface area contributed by atoms with Gasteiger partial charge >= 0.3 is 0 Å². The van der Waals surface area contributed by atoms with E-state index in [0.29, 0.717) is 0 Å². The number of nitrogens with zero attached hydrogens (tertiary/aromatic N) is 1. The number of amides is 2. The first-order valence-corrected chi connectivity index (χ1v) is 5.86. The smallest absolute Gasteiger partial charge is 0.247 e. The van der Waals surface area contributed by atoms with Gasteiger partial charge in [0.1, 0.15) is 6.61 Å². The third-order valence-corrected chi connectivity index (χ3v) is 2.89. The zero-order valence-corrected chi connectivity index (χ0v) is 10.4. The van der Waals surface area contributed by atoms with Crippen LogP contribution in [0.5, 0.6) is 0 Å². The van der Waals surface area contributed by atoms with Gasteiger partial charge in [0.05, 0.1) is 6.04 Å². The van der Waals surface area contributed by atoms with Crippen molar-refractivity contribution in [2.75, 3.05) is 0 Å². The fraction of sp³-hybridized carbons (Fsp3) is 0.385. The van der Waals surface area contributed by atoms with Gasteiger partial charge in [0, 0.05) is 6.92 Å². The molecule has 5 heteroatoms. The number of hydroxylamine groups is 2. The van der Waals surface area contributed by atoms with Crippen molar-refractivity contribution in [1.82, 2.24) is 10.4 Å². The van der Waals surface area contributed by atoms with E-state index in [4.69, 9.17) is 4.84 Å². The summed E-state index contributed by atoms with van der Waals surface area (Å²) in [4.78, 5) is 28.4. The Morgan fingerprint density at radius 3 is 2.56 bits per heavy atom. The molecule has 0 aliphatic carbocycles. The minimum Gasteiger partial charge on any atom is -0.349 e. The largest absolute Gasteiger partial charge is 0.349 e. The minimum absolute atomic E-state index is 0.0721. The maximum atomic E-state index is 11.5. The van der Waals surface area contributed by atoms with E-state index in [-0.39, 0.29) is 24.5 Å². The highest BCUT2D eigenvalue weighted by molar-refractivity contribution is 5.92. The Balaban J connectivity index is 1.99. The Bertz CT molecular complexity index is 447. The Morgan fingerprint density at radius 1 is 1.39 bits per heavy atom. The number of nitrogens with one attached hydrogen (secondary N) is 1. The Labute approximate surface area is 106 Å². The third kappa shape index (κ3) is 2.51. The van der Waals surface area contributed by atoms with Crippen LogP contribution in [0.1, 0.15) is 19.4 Å². The average molecular weight is 248 g/mol. The molecule has 0 aromatic heterocycles. The number of benzene rings is 1. The molecule has 5 nitrogen and oxygen atoms in total.